The third-order valence-corrected chi connectivity index (χ3v) is 3.46. The van der Waals surface area contributed by atoms with E-state index in [-0.39, 0.29) is 6.61 Å². The van der Waals surface area contributed by atoms with Gasteiger partial charge in [0.05, 0.1) is 5.69 Å². The highest BCUT2D eigenvalue weighted by Gasteiger charge is 2.14. The summed E-state index contributed by atoms with van der Waals surface area (Å²) >= 11 is 1.18. The molecule has 104 valence electrons. The van der Waals surface area contributed by atoms with Gasteiger partial charge in [-0.2, -0.15) is 0 Å². The molecule has 0 aliphatic heterocycles. The summed E-state index contributed by atoms with van der Waals surface area (Å²) in [7, 11) is 0. The molecule has 0 atom stereocenters. The molecule has 0 radical (unpaired) electrons. The summed E-state index contributed by atoms with van der Waals surface area (Å²) < 4.78 is 4.90. The lowest BCUT2D eigenvalue weighted by molar-refractivity contribution is -0.119. The van der Waals surface area contributed by atoms with Crippen LogP contribution in [0.1, 0.15) is 15.2 Å². The number of hydrogen-bond acceptors (Lipinski definition) is 5. The second-order valence-corrected chi connectivity index (χ2v) is 5.11. The maximum Gasteiger partial charge on any atom is 0.350 e. The lowest BCUT2D eigenvalue weighted by Crippen LogP contribution is -2.20. The number of anilines is 2. The minimum atomic E-state index is -0.587. The monoisotopic (exact) mass is 290 g/mol. The van der Waals surface area contributed by atoms with Gasteiger partial charge in [-0.1, -0.05) is 17.7 Å². The number of hydrogen-bond donors (Lipinski definition) is 2. The average Bonchev–Trinajstić information content (AvgIpc) is 2.85. The molecule has 0 aliphatic carbocycles. The Morgan fingerprint density at radius 1 is 1.25 bits per heavy atom. The first kappa shape index (κ1) is 14.1. The molecule has 2 aromatic rings. The molecular weight excluding hydrogens is 276 g/mol. The number of nitrogen functional groups attached to an aromatic ring is 1. The summed E-state index contributed by atoms with van der Waals surface area (Å²) in [6, 6.07) is 8.95. The molecule has 2 rings (SSSR count). The first-order valence-electron chi connectivity index (χ1n) is 5.93. The summed E-state index contributed by atoms with van der Waals surface area (Å²) in [5.74, 6) is -0.978. The van der Waals surface area contributed by atoms with Crippen molar-refractivity contribution in [3.05, 3.63) is 46.2 Å². The van der Waals surface area contributed by atoms with E-state index in [0.29, 0.717) is 16.3 Å². The molecule has 1 aromatic heterocycles. The van der Waals surface area contributed by atoms with Crippen molar-refractivity contribution in [3.8, 4) is 0 Å². The number of thiophene rings is 1. The lowest BCUT2D eigenvalue weighted by atomic mass is 10.2. The third-order valence-electron chi connectivity index (χ3n) is 2.55. The number of amides is 1. The number of nitrogens with one attached hydrogen (secondary N) is 1. The van der Waals surface area contributed by atoms with E-state index in [4.69, 9.17) is 10.5 Å². The van der Waals surface area contributed by atoms with Gasteiger partial charge in [-0.3, -0.25) is 4.79 Å². The van der Waals surface area contributed by atoms with Crippen LogP contribution in [0, 0.1) is 6.92 Å². The number of rotatable bonds is 4. The summed E-state index contributed by atoms with van der Waals surface area (Å²) in [4.78, 5) is 23.6. The first-order chi connectivity index (χ1) is 9.56. The average molecular weight is 290 g/mol. The molecule has 0 aliphatic rings. The second-order valence-electron chi connectivity index (χ2n) is 4.20. The van der Waals surface area contributed by atoms with Gasteiger partial charge in [0.15, 0.2) is 6.61 Å². The van der Waals surface area contributed by atoms with Gasteiger partial charge in [-0.15, -0.1) is 11.3 Å². The maximum atomic E-state index is 11.7. The zero-order valence-corrected chi connectivity index (χ0v) is 11.7. The van der Waals surface area contributed by atoms with Gasteiger partial charge in [-0.05, 0) is 30.5 Å². The van der Waals surface area contributed by atoms with Crippen LogP contribution in [0.4, 0.5) is 11.4 Å². The van der Waals surface area contributed by atoms with Gasteiger partial charge < -0.3 is 15.8 Å². The number of ether oxygens (including phenoxy) is 1. The van der Waals surface area contributed by atoms with Crippen LogP contribution in [0.5, 0.6) is 0 Å². The number of aryl methyl sites for hydroxylation is 1. The molecule has 20 heavy (non-hydrogen) atoms. The van der Waals surface area contributed by atoms with Gasteiger partial charge in [0, 0.05) is 5.69 Å². The van der Waals surface area contributed by atoms with E-state index >= 15 is 0 Å². The quantitative estimate of drug-likeness (QED) is 0.847. The van der Waals surface area contributed by atoms with Gasteiger partial charge in [0.25, 0.3) is 5.91 Å². The van der Waals surface area contributed by atoms with E-state index in [1.54, 1.807) is 23.6 Å². The van der Waals surface area contributed by atoms with Crippen molar-refractivity contribution in [1.82, 2.24) is 0 Å². The van der Waals surface area contributed by atoms with Crippen LogP contribution in [0.15, 0.2) is 35.7 Å². The molecule has 0 bridgehead atoms. The van der Waals surface area contributed by atoms with Crippen LogP contribution in [0.25, 0.3) is 0 Å². The first-order valence-corrected chi connectivity index (χ1v) is 6.81. The SMILES string of the molecule is Cc1ccc(NC(=O)COC(=O)c2sccc2N)cc1. The molecule has 1 amide bonds. The topological polar surface area (TPSA) is 81.4 Å². The molecule has 1 heterocycles. The van der Waals surface area contributed by atoms with Gasteiger partial charge in [0.2, 0.25) is 0 Å². The highest BCUT2D eigenvalue weighted by atomic mass is 32.1. The van der Waals surface area contributed by atoms with E-state index in [1.807, 2.05) is 19.1 Å². The van der Waals surface area contributed by atoms with Crippen molar-refractivity contribution in [1.29, 1.82) is 0 Å². The Morgan fingerprint density at radius 2 is 1.95 bits per heavy atom. The van der Waals surface area contributed by atoms with Crippen molar-refractivity contribution in [3.63, 3.8) is 0 Å². The standard InChI is InChI=1S/C14H14N2O3S/c1-9-2-4-10(5-3-9)16-12(17)8-19-14(18)13-11(15)6-7-20-13/h2-7H,8,15H2,1H3,(H,16,17). The minimum Gasteiger partial charge on any atom is -0.451 e. The van der Waals surface area contributed by atoms with E-state index in [9.17, 15) is 9.59 Å². The molecular formula is C14H14N2O3S. The number of carbonyl (C=O) groups is 2. The van der Waals surface area contributed by atoms with Crippen molar-refractivity contribution in [2.75, 3.05) is 17.7 Å². The van der Waals surface area contributed by atoms with E-state index in [2.05, 4.69) is 5.32 Å². The summed E-state index contributed by atoms with van der Waals surface area (Å²) in [6.45, 7) is 1.61. The number of nitrogens with two attached hydrogens (primary N) is 1. The summed E-state index contributed by atoms with van der Waals surface area (Å²) in [6.07, 6.45) is 0. The van der Waals surface area contributed by atoms with Crippen molar-refractivity contribution < 1.29 is 14.3 Å². The molecule has 3 N–H and O–H groups in total. The Kier molecular flexibility index (Phi) is 4.37. The van der Waals surface area contributed by atoms with Gasteiger partial charge in [-0.25, -0.2) is 4.79 Å². The normalized spacial score (nSPS) is 10.1. The smallest absolute Gasteiger partial charge is 0.350 e. The molecule has 0 unspecified atom stereocenters. The number of esters is 1. The number of benzene rings is 1. The highest BCUT2D eigenvalue weighted by Crippen LogP contribution is 2.19. The van der Waals surface area contributed by atoms with Crippen LogP contribution in [0.3, 0.4) is 0 Å². The van der Waals surface area contributed by atoms with Crippen molar-refractivity contribution in [2.45, 2.75) is 6.92 Å². The molecule has 1 aromatic carbocycles. The fourth-order valence-corrected chi connectivity index (χ4v) is 2.23. The number of carbonyl (C=O) groups excluding carboxylic acids is 2. The predicted molar refractivity (Wildman–Crippen MR) is 78.8 cm³/mol. The Hall–Kier alpha value is -2.34. The summed E-state index contributed by atoms with van der Waals surface area (Å²) in [5, 5.41) is 4.33. The zero-order valence-electron chi connectivity index (χ0n) is 10.9. The van der Waals surface area contributed by atoms with Gasteiger partial charge >= 0.3 is 5.97 Å². The molecule has 0 saturated carbocycles. The predicted octanol–water partition coefficient (Wildman–Crippen LogP) is 2.43. The third kappa shape index (κ3) is 3.58. The maximum absolute atomic E-state index is 11.7. The Labute approximate surface area is 120 Å². The highest BCUT2D eigenvalue weighted by molar-refractivity contribution is 7.12. The van der Waals surface area contributed by atoms with Crippen LogP contribution in [0.2, 0.25) is 0 Å². The fourth-order valence-electron chi connectivity index (χ4n) is 1.52. The molecule has 6 heteroatoms. The Morgan fingerprint density at radius 3 is 2.55 bits per heavy atom. The van der Waals surface area contributed by atoms with Crippen LogP contribution in [-0.4, -0.2) is 18.5 Å². The van der Waals surface area contributed by atoms with Crippen LogP contribution < -0.4 is 11.1 Å². The Bertz CT molecular complexity index is 620. The fraction of sp³-hybridized carbons (Fsp3) is 0.143. The van der Waals surface area contributed by atoms with Crippen LogP contribution in [-0.2, 0) is 9.53 Å². The van der Waals surface area contributed by atoms with Crippen molar-refractivity contribution >= 4 is 34.6 Å². The van der Waals surface area contributed by atoms with E-state index in [0.717, 1.165) is 5.56 Å². The largest absolute Gasteiger partial charge is 0.451 e. The minimum absolute atomic E-state index is 0.313. The molecule has 0 saturated heterocycles. The Balaban J connectivity index is 1.85. The van der Waals surface area contributed by atoms with Crippen LogP contribution >= 0.6 is 11.3 Å². The lowest BCUT2D eigenvalue weighted by Gasteiger charge is -2.06. The zero-order chi connectivity index (χ0) is 14.5. The van der Waals surface area contributed by atoms with Gasteiger partial charge in [0.1, 0.15) is 4.88 Å². The van der Waals surface area contributed by atoms with Crippen molar-refractivity contribution in [2.24, 2.45) is 0 Å². The van der Waals surface area contributed by atoms with E-state index in [1.165, 1.54) is 11.3 Å². The summed E-state index contributed by atoms with van der Waals surface area (Å²) in [5.41, 5.74) is 7.71. The molecule has 5 nitrogen and oxygen atoms in total. The van der Waals surface area contributed by atoms with E-state index < -0.39 is 11.9 Å². The molecule has 0 spiro atoms. The second kappa shape index (κ2) is 6.21. The molecule has 0 fully saturated rings.